The van der Waals surface area contributed by atoms with Crippen LogP contribution in [0.5, 0.6) is 0 Å². The van der Waals surface area contributed by atoms with E-state index in [4.69, 9.17) is 4.74 Å². The molecule has 0 aromatic heterocycles. The Morgan fingerprint density at radius 1 is 1.35 bits per heavy atom. The van der Waals surface area contributed by atoms with E-state index in [1.54, 1.807) is 13.3 Å². The molecule has 0 unspecified atom stereocenters. The molecule has 1 heterocycles. The van der Waals surface area contributed by atoms with E-state index < -0.39 is 6.10 Å². The molecule has 0 aliphatic carbocycles. The number of aliphatic hydroxyl groups excluding tert-OH is 1. The molecular weight excluding hydrogens is 288 g/mol. The molecule has 4 nitrogen and oxygen atoms in total. The van der Waals surface area contributed by atoms with Gasteiger partial charge in [0.05, 0.1) is 24.0 Å². The second-order valence-electron chi connectivity index (χ2n) is 7.68. The fourth-order valence-electron chi connectivity index (χ4n) is 3.82. The van der Waals surface area contributed by atoms with Crippen molar-refractivity contribution in [3.8, 4) is 0 Å². The van der Waals surface area contributed by atoms with Crippen LogP contribution in [-0.4, -0.2) is 47.7 Å². The Hall–Kier alpha value is -0.870. The lowest BCUT2D eigenvalue weighted by Crippen LogP contribution is -2.49. The maximum atomic E-state index is 10.5. The van der Waals surface area contributed by atoms with Crippen molar-refractivity contribution in [2.45, 2.75) is 78.0 Å². The van der Waals surface area contributed by atoms with Gasteiger partial charge in [0.2, 0.25) is 0 Å². The van der Waals surface area contributed by atoms with Crippen molar-refractivity contribution < 1.29 is 9.84 Å². The minimum atomic E-state index is -0.617. The summed E-state index contributed by atoms with van der Waals surface area (Å²) in [6.45, 7) is 15.5. The summed E-state index contributed by atoms with van der Waals surface area (Å²) < 4.78 is 5.89. The molecule has 23 heavy (non-hydrogen) atoms. The molecule has 0 aromatic rings. The molecule has 3 atom stereocenters. The molecule has 1 fully saturated rings. The van der Waals surface area contributed by atoms with Crippen LogP contribution in [-0.2, 0) is 4.74 Å². The number of ether oxygens (including phenoxy) is 1. The Balaban J connectivity index is 2.88. The third-order valence-corrected chi connectivity index (χ3v) is 5.42. The normalized spacial score (nSPS) is 22.6. The number of nitrogens with zero attached hydrogens (tertiary/aromatic N) is 2. The zero-order valence-corrected chi connectivity index (χ0v) is 15.9. The van der Waals surface area contributed by atoms with Crippen molar-refractivity contribution in [3.63, 3.8) is 0 Å². The molecular formula is C19H36N2O2. The first-order chi connectivity index (χ1) is 10.8. The second kappa shape index (κ2) is 8.29. The zero-order valence-electron chi connectivity index (χ0n) is 15.9. The summed E-state index contributed by atoms with van der Waals surface area (Å²) in [6, 6.07) is 0.280. The van der Waals surface area contributed by atoms with Gasteiger partial charge in [0.1, 0.15) is 0 Å². The number of rotatable bonds is 8. The quantitative estimate of drug-likeness (QED) is 0.545. The Bertz CT molecular complexity index is 388. The van der Waals surface area contributed by atoms with Gasteiger partial charge in [0, 0.05) is 19.6 Å². The standard InChI is InChI=1S/C19H36N2O2/c1-8-15(18(4,5)6)16(22)14-20-21-13-11-12-17(21)19(9-2,10-3)23-7/h8,14-17,22H,1,9-13H2,2-7H3/b20-14+/t15-,16-,17-/m0/s1. The maximum absolute atomic E-state index is 10.5. The first-order valence-corrected chi connectivity index (χ1v) is 8.92. The molecule has 1 aliphatic rings. The zero-order chi connectivity index (χ0) is 17.7. The molecule has 1 N–H and O–H groups in total. The van der Waals surface area contributed by atoms with E-state index >= 15 is 0 Å². The molecule has 1 aliphatic heterocycles. The van der Waals surface area contributed by atoms with Gasteiger partial charge in [-0.1, -0.05) is 40.7 Å². The largest absolute Gasteiger partial charge is 0.387 e. The van der Waals surface area contributed by atoms with Gasteiger partial charge in [-0.05, 0) is 31.1 Å². The smallest absolute Gasteiger partial charge is 0.0976 e. The summed E-state index contributed by atoms with van der Waals surface area (Å²) in [5.74, 6) is -0.0168. The van der Waals surface area contributed by atoms with Crippen LogP contribution in [0.1, 0.15) is 60.3 Å². The Morgan fingerprint density at radius 2 is 1.96 bits per heavy atom. The lowest BCUT2D eigenvalue weighted by Gasteiger charge is -2.40. The molecule has 0 aromatic carbocycles. The van der Waals surface area contributed by atoms with Crippen molar-refractivity contribution in [2.75, 3.05) is 13.7 Å². The molecule has 0 bridgehead atoms. The summed E-state index contributed by atoms with van der Waals surface area (Å²) in [4.78, 5) is 0. The molecule has 0 spiro atoms. The van der Waals surface area contributed by atoms with Gasteiger partial charge in [-0.3, -0.25) is 5.01 Å². The minimum Gasteiger partial charge on any atom is -0.387 e. The molecule has 1 saturated heterocycles. The van der Waals surface area contributed by atoms with Gasteiger partial charge >= 0.3 is 0 Å². The van der Waals surface area contributed by atoms with Crippen LogP contribution in [0.2, 0.25) is 0 Å². The van der Waals surface area contributed by atoms with Crippen molar-refractivity contribution in [1.29, 1.82) is 0 Å². The van der Waals surface area contributed by atoms with Crippen LogP contribution in [0.15, 0.2) is 17.8 Å². The number of hydrazone groups is 1. The Labute approximate surface area is 142 Å². The lowest BCUT2D eigenvalue weighted by molar-refractivity contribution is -0.0733. The predicted octanol–water partition coefficient (Wildman–Crippen LogP) is 3.85. The molecule has 4 heteroatoms. The summed E-state index contributed by atoms with van der Waals surface area (Å²) in [5, 5.41) is 17.2. The summed E-state index contributed by atoms with van der Waals surface area (Å²) in [6.07, 6.45) is 7.04. The SMILES string of the molecule is C=C[C@@H]([C@@H](O)/C=N/N1CCC[C@H]1C(CC)(CC)OC)C(C)(C)C. The van der Waals surface area contributed by atoms with E-state index in [9.17, 15) is 5.11 Å². The highest BCUT2D eigenvalue weighted by molar-refractivity contribution is 5.63. The topological polar surface area (TPSA) is 45.1 Å². The third kappa shape index (κ3) is 4.57. The highest BCUT2D eigenvalue weighted by atomic mass is 16.5. The van der Waals surface area contributed by atoms with Gasteiger partial charge in [-0.15, -0.1) is 6.58 Å². The van der Waals surface area contributed by atoms with Crippen molar-refractivity contribution >= 4 is 6.21 Å². The molecule has 0 radical (unpaired) electrons. The van der Waals surface area contributed by atoms with E-state index in [1.807, 2.05) is 6.08 Å². The van der Waals surface area contributed by atoms with Crippen LogP contribution in [0, 0.1) is 11.3 Å². The molecule has 134 valence electrons. The van der Waals surface area contributed by atoms with Gasteiger partial charge in [-0.2, -0.15) is 5.10 Å². The first kappa shape index (κ1) is 20.2. The van der Waals surface area contributed by atoms with Gasteiger partial charge < -0.3 is 9.84 Å². The monoisotopic (exact) mass is 324 g/mol. The van der Waals surface area contributed by atoms with Gasteiger partial charge in [0.25, 0.3) is 0 Å². The number of hydrogen-bond acceptors (Lipinski definition) is 4. The van der Waals surface area contributed by atoms with Gasteiger partial charge in [0.15, 0.2) is 0 Å². The first-order valence-electron chi connectivity index (χ1n) is 8.92. The lowest BCUT2D eigenvalue weighted by atomic mass is 9.78. The summed E-state index contributed by atoms with van der Waals surface area (Å²) in [5.41, 5.74) is -0.193. The van der Waals surface area contributed by atoms with Crippen LogP contribution in [0.25, 0.3) is 0 Å². The maximum Gasteiger partial charge on any atom is 0.0976 e. The average Bonchev–Trinajstić information content (AvgIpc) is 2.96. The molecule has 0 amide bonds. The number of hydrogen-bond donors (Lipinski definition) is 1. The van der Waals surface area contributed by atoms with E-state index in [2.05, 4.69) is 51.3 Å². The predicted molar refractivity (Wildman–Crippen MR) is 97.7 cm³/mol. The van der Waals surface area contributed by atoms with Crippen molar-refractivity contribution in [3.05, 3.63) is 12.7 Å². The summed E-state index contributed by atoms with van der Waals surface area (Å²) >= 11 is 0. The second-order valence-corrected chi connectivity index (χ2v) is 7.68. The van der Waals surface area contributed by atoms with Crippen LogP contribution in [0.3, 0.4) is 0 Å². The Morgan fingerprint density at radius 3 is 2.39 bits per heavy atom. The average molecular weight is 325 g/mol. The summed E-state index contributed by atoms with van der Waals surface area (Å²) in [7, 11) is 1.80. The number of aliphatic hydroxyl groups is 1. The highest BCUT2D eigenvalue weighted by Gasteiger charge is 2.42. The fourth-order valence-corrected chi connectivity index (χ4v) is 3.82. The fraction of sp³-hybridized carbons (Fsp3) is 0.842. The minimum absolute atomic E-state index is 0.0168. The van der Waals surface area contributed by atoms with Gasteiger partial charge in [-0.25, -0.2) is 0 Å². The van der Waals surface area contributed by atoms with Crippen LogP contribution in [0.4, 0.5) is 0 Å². The van der Waals surface area contributed by atoms with Crippen molar-refractivity contribution in [2.24, 2.45) is 16.4 Å². The molecule has 0 saturated carbocycles. The highest BCUT2D eigenvalue weighted by Crippen LogP contribution is 2.35. The Kier molecular flexibility index (Phi) is 7.28. The molecule has 1 rings (SSSR count). The van der Waals surface area contributed by atoms with E-state index in [-0.39, 0.29) is 23.0 Å². The van der Waals surface area contributed by atoms with Crippen LogP contribution < -0.4 is 0 Å². The van der Waals surface area contributed by atoms with Crippen LogP contribution >= 0.6 is 0 Å². The van der Waals surface area contributed by atoms with E-state index in [0.717, 1.165) is 32.2 Å². The van der Waals surface area contributed by atoms with E-state index in [1.165, 1.54) is 0 Å². The third-order valence-electron chi connectivity index (χ3n) is 5.42. The number of methoxy groups -OCH3 is 1. The van der Waals surface area contributed by atoms with E-state index in [0.29, 0.717) is 0 Å². The van der Waals surface area contributed by atoms with Crippen molar-refractivity contribution in [1.82, 2.24) is 5.01 Å².